The van der Waals surface area contributed by atoms with Crippen molar-refractivity contribution in [2.45, 2.75) is 19.9 Å². The quantitative estimate of drug-likeness (QED) is 0.664. The first kappa shape index (κ1) is 18.1. The summed E-state index contributed by atoms with van der Waals surface area (Å²) in [4.78, 5) is 31.8. The van der Waals surface area contributed by atoms with Crippen LogP contribution in [0, 0.1) is 13.8 Å². The molecular formula is C22H18N2O3S. The Hall–Kier alpha value is -3.25. The number of hydrogen-bond donors (Lipinski definition) is 1. The third kappa shape index (κ3) is 3.01. The molecule has 2 heterocycles. The number of aryl methyl sites for hydroxylation is 2. The van der Waals surface area contributed by atoms with Gasteiger partial charge in [0.15, 0.2) is 16.7 Å². The number of hydrogen-bond acceptors (Lipinski definition) is 5. The molecule has 2 aromatic carbocycles. The van der Waals surface area contributed by atoms with Gasteiger partial charge < -0.3 is 5.11 Å². The molecule has 140 valence electrons. The zero-order valence-corrected chi connectivity index (χ0v) is 16.2. The molecule has 5 nitrogen and oxygen atoms in total. The number of amides is 1. The molecule has 1 atom stereocenters. The topological polar surface area (TPSA) is 70.5 Å². The Morgan fingerprint density at radius 2 is 1.64 bits per heavy atom. The van der Waals surface area contributed by atoms with Gasteiger partial charge >= 0.3 is 0 Å². The van der Waals surface area contributed by atoms with Crippen LogP contribution < -0.4 is 4.90 Å². The fourth-order valence-electron chi connectivity index (χ4n) is 3.29. The Balaban J connectivity index is 1.86. The minimum absolute atomic E-state index is 0.0768. The van der Waals surface area contributed by atoms with Crippen molar-refractivity contribution in [3.8, 4) is 0 Å². The van der Waals surface area contributed by atoms with E-state index in [2.05, 4.69) is 4.98 Å². The van der Waals surface area contributed by atoms with E-state index in [1.807, 2.05) is 50.2 Å². The van der Waals surface area contributed by atoms with Crippen LogP contribution in [0.5, 0.6) is 0 Å². The molecule has 1 amide bonds. The average Bonchev–Trinajstić information content (AvgIpc) is 3.30. The lowest BCUT2D eigenvalue weighted by molar-refractivity contribution is -0.117. The van der Waals surface area contributed by atoms with Crippen molar-refractivity contribution >= 4 is 28.2 Å². The smallest absolute Gasteiger partial charge is 0.296 e. The third-order valence-corrected chi connectivity index (χ3v) is 5.56. The van der Waals surface area contributed by atoms with E-state index in [1.165, 1.54) is 16.2 Å². The highest BCUT2D eigenvalue weighted by atomic mass is 32.1. The maximum Gasteiger partial charge on any atom is 0.296 e. The molecule has 0 fully saturated rings. The number of Topliss-reactive ketones (excluding diaryl/α,β-unsaturated/α-hetero) is 1. The van der Waals surface area contributed by atoms with Crippen molar-refractivity contribution in [1.82, 2.24) is 4.98 Å². The summed E-state index contributed by atoms with van der Waals surface area (Å²) in [6, 6.07) is 13.9. The highest BCUT2D eigenvalue weighted by Gasteiger charge is 2.45. The summed E-state index contributed by atoms with van der Waals surface area (Å²) >= 11 is 1.28. The molecular weight excluding hydrogens is 372 g/mol. The first-order valence-corrected chi connectivity index (χ1v) is 9.69. The van der Waals surface area contributed by atoms with E-state index >= 15 is 0 Å². The van der Waals surface area contributed by atoms with Crippen LogP contribution in [0.3, 0.4) is 0 Å². The molecule has 0 radical (unpaired) electrons. The van der Waals surface area contributed by atoms with E-state index in [4.69, 9.17) is 0 Å². The molecule has 3 aromatic rings. The number of thiazole rings is 1. The number of carbonyl (C=O) groups is 2. The van der Waals surface area contributed by atoms with Crippen LogP contribution in [-0.2, 0) is 4.79 Å². The van der Waals surface area contributed by atoms with Crippen LogP contribution >= 0.6 is 11.3 Å². The Kier molecular flexibility index (Phi) is 4.57. The molecule has 0 aliphatic carbocycles. The van der Waals surface area contributed by atoms with E-state index in [0.717, 1.165) is 16.7 Å². The van der Waals surface area contributed by atoms with E-state index in [1.54, 1.807) is 23.7 Å². The fourth-order valence-corrected chi connectivity index (χ4v) is 3.96. The van der Waals surface area contributed by atoms with Crippen molar-refractivity contribution in [2.75, 3.05) is 4.90 Å². The number of aromatic nitrogens is 1. The monoisotopic (exact) mass is 390 g/mol. The molecule has 0 spiro atoms. The number of carbonyl (C=O) groups excluding carboxylic acids is 2. The molecule has 1 N–H and O–H groups in total. The molecule has 6 heteroatoms. The predicted octanol–water partition coefficient (Wildman–Crippen LogP) is 4.54. The van der Waals surface area contributed by atoms with Gasteiger partial charge in [-0.15, -0.1) is 11.3 Å². The summed E-state index contributed by atoms with van der Waals surface area (Å²) in [5.74, 6) is -1.50. The van der Waals surface area contributed by atoms with Crippen molar-refractivity contribution in [2.24, 2.45) is 0 Å². The van der Waals surface area contributed by atoms with Crippen molar-refractivity contribution < 1.29 is 14.7 Å². The Morgan fingerprint density at radius 1 is 1.04 bits per heavy atom. The summed E-state index contributed by atoms with van der Waals surface area (Å²) in [5.41, 5.74) is 3.34. The molecule has 1 unspecified atom stereocenters. The standard InChI is InChI=1S/C22H18N2O3S/c1-13-3-7-15(8-4-13)18-17(19(25)16-9-5-14(2)6-10-16)20(26)21(27)24(18)22-23-11-12-28-22/h3-12,18,26H,1-2H3. The van der Waals surface area contributed by atoms with Crippen molar-refractivity contribution in [1.29, 1.82) is 0 Å². The Bertz CT molecular complexity index is 1070. The van der Waals surface area contributed by atoms with E-state index in [0.29, 0.717) is 10.7 Å². The van der Waals surface area contributed by atoms with Gasteiger partial charge in [-0.05, 0) is 19.4 Å². The first-order valence-electron chi connectivity index (χ1n) is 8.81. The van der Waals surface area contributed by atoms with Crippen LogP contribution in [0.25, 0.3) is 0 Å². The number of benzene rings is 2. The van der Waals surface area contributed by atoms with Gasteiger partial charge in [0.2, 0.25) is 0 Å². The minimum atomic E-state index is -0.729. The summed E-state index contributed by atoms with van der Waals surface area (Å²) in [6.07, 6.45) is 1.59. The number of ketones is 1. The summed E-state index contributed by atoms with van der Waals surface area (Å²) in [6.45, 7) is 3.90. The second-order valence-electron chi connectivity index (χ2n) is 6.76. The highest BCUT2D eigenvalue weighted by molar-refractivity contribution is 7.13. The first-order chi connectivity index (χ1) is 13.5. The van der Waals surface area contributed by atoms with E-state index < -0.39 is 17.7 Å². The molecule has 0 bridgehead atoms. The van der Waals surface area contributed by atoms with E-state index in [9.17, 15) is 14.7 Å². The van der Waals surface area contributed by atoms with Crippen LogP contribution in [0.15, 0.2) is 71.4 Å². The van der Waals surface area contributed by atoms with Gasteiger partial charge in [-0.25, -0.2) is 4.98 Å². The van der Waals surface area contributed by atoms with Gasteiger partial charge in [-0.2, -0.15) is 0 Å². The molecule has 1 aliphatic rings. The second kappa shape index (κ2) is 7.05. The predicted molar refractivity (Wildman–Crippen MR) is 109 cm³/mol. The Morgan fingerprint density at radius 3 is 2.21 bits per heavy atom. The molecule has 1 aromatic heterocycles. The molecule has 0 saturated heterocycles. The van der Waals surface area contributed by atoms with Gasteiger partial charge in [0.25, 0.3) is 5.91 Å². The molecule has 0 saturated carbocycles. The van der Waals surface area contributed by atoms with Gasteiger partial charge in [0.1, 0.15) is 0 Å². The van der Waals surface area contributed by atoms with Crippen LogP contribution in [-0.4, -0.2) is 21.8 Å². The van der Waals surface area contributed by atoms with Crippen molar-refractivity contribution in [3.05, 3.63) is 93.7 Å². The highest BCUT2D eigenvalue weighted by Crippen LogP contribution is 2.42. The van der Waals surface area contributed by atoms with Gasteiger partial charge in [0.05, 0.1) is 11.6 Å². The van der Waals surface area contributed by atoms with Crippen LogP contribution in [0.4, 0.5) is 5.13 Å². The zero-order valence-electron chi connectivity index (χ0n) is 15.4. The number of anilines is 1. The molecule has 4 rings (SSSR count). The fraction of sp³-hybridized carbons (Fsp3) is 0.136. The number of nitrogens with zero attached hydrogens (tertiary/aromatic N) is 2. The number of aliphatic hydroxyl groups excluding tert-OH is 1. The Labute approximate surface area is 166 Å². The molecule has 1 aliphatic heterocycles. The van der Waals surface area contributed by atoms with Gasteiger partial charge in [0, 0.05) is 17.1 Å². The summed E-state index contributed by atoms with van der Waals surface area (Å²) in [7, 11) is 0. The van der Waals surface area contributed by atoms with Crippen LogP contribution in [0.2, 0.25) is 0 Å². The summed E-state index contributed by atoms with van der Waals surface area (Å²) in [5, 5.41) is 12.8. The maximum atomic E-state index is 13.3. The normalized spacial score (nSPS) is 16.7. The van der Waals surface area contributed by atoms with Gasteiger partial charge in [-0.3, -0.25) is 14.5 Å². The van der Waals surface area contributed by atoms with Crippen molar-refractivity contribution in [3.63, 3.8) is 0 Å². The second-order valence-corrected chi connectivity index (χ2v) is 7.63. The van der Waals surface area contributed by atoms with Gasteiger partial charge in [-0.1, -0.05) is 59.7 Å². The lowest BCUT2D eigenvalue weighted by Gasteiger charge is -2.24. The summed E-state index contributed by atoms with van der Waals surface area (Å²) < 4.78 is 0. The minimum Gasteiger partial charge on any atom is -0.503 e. The maximum absolute atomic E-state index is 13.3. The average molecular weight is 390 g/mol. The lowest BCUT2D eigenvalue weighted by Crippen LogP contribution is -2.30. The molecule has 28 heavy (non-hydrogen) atoms. The lowest BCUT2D eigenvalue weighted by atomic mass is 9.92. The zero-order chi connectivity index (χ0) is 19.8. The largest absolute Gasteiger partial charge is 0.503 e. The van der Waals surface area contributed by atoms with Crippen LogP contribution in [0.1, 0.15) is 33.1 Å². The van der Waals surface area contributed by atoms with E-state index in [-0.39, 0.29) is 11.4 Å². The number of aliphatic hydroxyl groups is 1. The number of rotatable bonds is 4. The SMILES string of the molecule is Cc1ccc(C(=O)C2=C(O)C(=O)N(c3nccs3)C2c2ccc(C)cc2)cc1. The third-order valence-electron chi connectivity index (χ3n) is 4.78.